The predicted molar refractivity (Wildman–Crippen MR) is 89.0 cm³/mol. The van der Waals surface area contributed by atoms with Crippen molar-refractivity contribution in [3.8, 4) is 0 Å². The molecule has 2 amide bonds. The van der Waals surface area contributed by atoms with Gasteiger partial charge >= 0.3 is 6.03 Å². The van der Waals surface area contributed by atoms with Crippen molar-refractivity contribution in [3.63, 3.8) is 0 Å². The number of anilines is 2. The first-order valence-electron chi connectivity index (χ1n) is 7.33. The van der Waals surface area contributed by atoms with Crippen LogP contribution in [0.2, 0.25) is 0 Å². The number of para-hydroxylation sites is 1. The highest BCUT2D eigenvalue weighted by Gasteiger charge is 2.10. The van der Waals surface area contributed by atoms with Gasteiger partial charge < -0.3 is 10.6 Å². The molecule has 0 saturated heterocycles. The lowest BCUT2D eigenvalue weighted by Crippen LogP contribution is -2.20. The quantitative estimate of drug-likeness (QED) is 0.799. The summed E-state index contributed by atoms with van der Waals surface area (Å²) in [7, 11) is 0. The normalized spacial score (nSPS) is 11.8. The summed E-state index contributed by atoms with van der Waals surface area (Å²) in [5, 5.41) is 5.81. The van der Waals surface area contributed by atoms with Crippen LogP contribution in [0.4, 0.5) is 16.2 Å². The van der Waals surface area contributed by atoms with Crippen LogP contribution in [-0.4, -0.2) is 6.03 Å². The summed E-state index contributed by atoms with van der Waals surface area (Å²) in [6.45, 7) is 6.31. The molecule has 0 aliphatic heterocycles. The van der Waals surface area contributed by atoms with Crippen LogP contribution in [0.1, 0.15) is 37.3 Å². The molecule has 0 aliphatic carbocycles. The Morgan fingerprint density at radius 3 is 2.57 bits per heavy atom. The molecule has 0 saturated carbocycles. The molecule has 0 aliphatic rings. The highest BCUT2D eigenvalue weighted by Crippen LogP contribution is 2.26. The first kappa shape index (κ1) is 15.1. The van der Waals surface area contributed by atoms with Gasteiger partial charge in [-0.3, -0.25) is 0 Å². The average Bonchev–Trinajstić information content (AvgIpc) is 2.47. The minimum Gasteiger partial charge on any atom is -0.308 e. The van der Waals surface area contributed by atoms with E-state index in [2.05, 4.69) is 30.5 Å². The second-order valence-corrected chi connectivity index (χ2v) is 5.35. The van der Waals surface area contributed by atoms with Crippen LogP contribution >= 0.6 is 0 Å². The fourth-order valence-electron chi connectivity index (χ4n) is 2.27. The molecule has 0 spiro atoms. The maximum Gasteiger partial charge on any atom is 0.323 e. The number of hydrogen-bond acceptors (Lipinski definition) is 1. The van der Waals surface area contributed by atoms with Gasteiger partial charge in [-0.1, -0.05) is 44.2 Å². The Hall–Kier alpha value is -2.29. The van der Waals surface area contributed by atoms with Crippen molar-refractivity contribution in [1.82, 2.24) is 0 Å². The van der Waals surface area contributed by atoms with Crippen LogP contribution in [0.15, 0.2) is 48.5 Å². The maximum atomic E-state index is 12.1. The maximum absolute atomic E-state index is 12.1. The van der Waals surface area contributed by atoms with Crippen molar-refractivity contribution >= 4 is 17.4 Å². The third kappa shape index (κ3) is 4.09. The van der Waals surface area contributed by atoms with Crippen LogP contribution in [0.3, 0.4) is 0 Å². The van der Waals surface area contributed by atoms with Crippen molar-refractivity contribution in [1.29, 1.82) is 0 Å². The first-order chi connectivity index (χ1) is 10.1. The van der Waals surface area contributed by atoms with E-state index >= 15 is 0 Å². The van der Waals surface area contributed by atoms with Gasteiger partial charge in [0.05, 0.1) is 0 Å². The van der Waals surface area contributed by atoms with Crippen molar-refractivity contribution in [2.45, 2.75) is 33.1 Å². The number of carbonyl (C=O) groups is 1. The molecule has 0 aromatic heterocycles. The Kier molecular flexibility index (Phi) is 4.99. The molecule has 110 valence electrons. The summed E-state index contributed by atoms with van der Waals surface area (Å²) in [6.07, 6.45) is 1.04. The molecule has 0 bridgehead atoms. The van der Waals surface area contributed by atoms with E-state index in [1.54, 1.807) is 0 Å². The van der Waals surface area contributed by atoms with Gasteiger partial charge in [0.2, 0.25) is 0 Å². The molecule has 3 nitrogen and oxygen atoms in total. The van der Waals surface area contributed by atoms with E-state index < -0.39 is 0 Å². The van der Waals surface area contributed by atoms with Crippen molar-refractivity contribution < 1.29 is 4.79 Å². The van der Waals surface area contributed by atoms with Gasteiger partial charge in [-0.15, -0.1) is 0 Å². The molecule has 2 rings (SSSR count). The van der Waals surface area contributed by atoms with Gasteiger partial charge in [-0.25, -0.2) is 4.79 Å². The van der Waals surface area contributed by atoms with Crippen LogP contribution in [0.25, 0.3) is 0 Å². The summed E-state index contributed by atoms with van der Waals surface area (Å²) in [4.78, 5) is 12.1. The van der Waals surface area contributed by atoms with Gasteiger partial charge in [0.1, 0.15) is 0 Å². The molecule has 1 unspecified atom stereocenters. The molecule has 0 fully saturated rings. The lowest BCUT2D eigenvalue weighted by molar-refractivity contribution is 0.262. The number of rotatable bonds is 4. The smallest absolute Gasteiger partial charge is 0.308 e. The Bertz CT molecular complexity index is 622. The summed E-state index contributed by atoms with van der Waals surface area (Å²) < 4.78 is 0. The van der Waals surface area contributed by atoms with Crippen LogP contribution in [0.5, 0.6) is 0 Å². The highest BCUT2D eigenvalue weighted by molar-refractivity contribution is 6.00. The van der Waals surface area contributed by atoms with E-state index in [1.165, 1.54) is 5.56 Å². The SMILES string of the molecule is CCC(C)c1ccccc1NC(=O)Nc1cccc(C)c1. The molecule has 0 heterocycles. The molecule has 2 aromatic carbocycles. The summed E-state index contributed by atoms with van der Waals surface area (Å²) in [5.74, 6) is 0.417. The lowest BCUT2D eigenvalue weighted by Gasteiger charge is -2.16. The van der Waals surface area contributed by atoms with Crippen LogP contribution in [0, 0.1) is 6.92 Å². The molecule has 2 aromatic rings. The molecule has 21 heavy (non-hydrogen) atoms. The fraction of sp³-hybridized carbons (Fsp3) is 0.278. The number of amides is 2. The minimum atomic E-state index is -0.212. The third-order valence-electron chi connectivity index (χ3n) is 3.63. The lowest BCUT2D eigenvalue weighted by atomic mass is 9.97. The molecule has 1 atom stereocenters. The minimum absolute atomic E-state index is 0.212. The highest BCUT2D eigenvalue weighted by atomic mass is 16.2. The standard InChI is InChI=1S/C18H22N2O/c1-4-14(3)16-10-5-6-11-17(16)20-18(21)19-15-9-7-8-13(2)12-15/h5-12,14H,4H2,1-3H3,(H2,19,20,21). The van der Waals surface area contributed by atoms with Gasteiger partial charge in [0.25, 0.3) is 0 Å². The number of urea groups is 1. The second kappa shape index (κ2) is 6.93. The van der Waals surface area contributed by atoms with Crippen molar-refractivity contribution in [3.05, 3.63) is 59.7 Å². The number of hydrogen-bond donors (Lipinski definition) is 2. The average molecular weight is 282 g/mol. The van der Waals surface area contributed by atoms with E-state index in [0.717, 1.165) is 23.4 Å². The van der Waals surface area contributed by atoms with Gasteiger partial charge in [0.15, 0.2) is 0 Å². The summed E-state index contributed by atoms with van der Waals surface area (Å²) in [6, 6.07) is 15.5. The second-order valence-electron chi connectivity index (χ2n) is 5.35. The Labute approximate surface area is 126 Å². The Balaban J connectivity index is 2.09. The van der Waals surface area contributed by atoms with E-state index in [4.69, 9.17) is 0 Å². The summed E-state index contributed by atoms with van der Waals surface area (Å²) in [5.41, 5.74) is 3.96. The molecule has 3 heteroatoms. The summed E-state index contributed by atoms with van der Waals surface area (Å²) >= 11 is 0. The molecular weight excluding hydrogens is 260 g/mol. The Morgan fingerprint density at radius 1 is 1.10 bits per heavy atom. The zero-order valence-corrected chi connectivity index (χ0v) is 12.8. The Morgan fingerprint density at radius 2 is 1.86 bits per heavy atom. The third-order valence-corrected chi connectivity index (χ3v) is 3.63. The van der Waals surface area contributed by atoms with Crippen LogP contribution in [-0.2, 0) is 0 Å². The predicted octanol–water partition coefficient (Wildman–Crippen LogP) is 5.15. The van der Waals surface area contributed by atoms with E-state index in [1.807, 2.05) is 49.4 Å². The number of benzene rings is 2. The first-order valence-corrected chi connectivity index (χ1v) is 7.33. The number of nitrogens with one attached hydrogen (secondary N) is 2. The van der Waals surface area contributed by atoms with Gasteiger partial charge in [-0.2, -0.15) is 0 Å². The van der Waals surface area contributed by atoms with Gasteiger partial charge in [-0.05, 0) is 48.6 Å². The zero-order chi connectivity index (χ0) is 15.2. The van der Waals surface area contributed by atoms with E-state index in [9.17, 15) is 4.79 Å². The van der Waals surface area contributed by atoms with Crippen molar-refractivity contribution in [2.24, 2.45) is 0 Å². The fourth-order valence-corrected chi connectivity index (χ4v) is 2.27. The van der Waals surface area contributed by atoms with Crippen LogP contribution < -0.4 is 10.6 Å². The van der Waals surface area contributed by atoms with Gasteiger partial charge in [0, 0.05) is 11.4 Å². The number of carbonyl (C=O) groups excluding carboxylic acids is 1. The molecular formula is C18H22N2O. The monoisotopic (exact) mass is 282 g/mol. The number of aryl methyl sites for hydroxylation is 1. The molecule has 2 N–H and O–H groups in total. The molecule has 0 radical (unpaired) electrons. The van der Waals surface area contributed by atoms with Crippen molar-refractivity contribution in [2.75, 3.05) is 10.6 Å². The van der Waals surface area contributed by atoms with E-state index in [-0.39, 0.29) is 6.03 Å². The largest absolute Gasteiger partial charge is 0.323 e. The van der Waals surface area contributed by atoms with E-state index in [0.29, 0.717) is 5.92 Å². The zero-order valence-electron chi connectivity index (χ0n) is 12.8. The topological polar surface area (TPSA) is 41.1 Å².